The second-order valence-corrected chi connectivity index (χ2v) is 6.65. The summed E-state index contributed by atoms with van der Waals surface area (Å²) in [6, 6.07) is 7.48. The highest BCUT2D eigenvalue weighted by atomic mass is 16.5. The molecule has 1 aliphatic rings. The first-order chi connectivity index (χ1) is 12.6. The van der Waals surface area contributed by atoms with Crippen LogP contribution in [0.5, 0.6) is 5.75 Å². The zero-order valence-corrected chi connectivity index (χ0v) is 16.3. The lowest BCUT2D eigenvalue weighted by Gasteiger charge is -2.26. The normalized spacial score (nSPS) is 17.5. The largest absolute Gasteiger partial charge is 0.494 e. The Balaban J connectivity index is 1.74. The van der Waals surface area contributed by atoms with Crippen LogP contribution in [0.1, 0.15) is 33.6 Å². The fourth-order valence-corrected chi connectivity index (χ4v) is 2.85. The van der Waals surface area contributed by atoms with E-state index in [1.807, 2.05) is 45.0 Å². The maximum Gasteiger partial charge on any atom is 0.256 e. The number of morpholine rings is 1. The molecule has 6 nitrogen and oxygen atoms in total. The Kier molecular flexibility index (Phi) is 8.35. The molecule has 0 aliphatic carbocycles. The number of nitrogens with one attached hydrogen (secondary N) is 1. The SMILES string of the molecule is CCO[C@@](C)(CC)C(=O)Nc1ccc(OCCCN2CCOCC2)cc1. The molecule has 26 heavy (non-hydrogen) atoms. The maximum absolute atomic E-state index is 12.4. The number of carbonyl (C=O) groups excluding carboxylic acids is 1. The van der Waals surface area contributed by atoms with Gasteiger partial charge in [-0.3, -0.25) is 9.69 Å². The van der Waals surface area contributed by atoms with Gasteiger partial charge in [0.15, 0.2) is 0 Å². The summed E-state index contributed by atoms with van der Waals surface area (Å²) in [4.78, 5) is 14.8. The van der Waals surface area contributed by atoms with Crippen LogP contribution in [0, 0.1) is 0 Å². The summed E-state index contributed by atoms with van der Waals surface area (Å²) < 4.78 is 16.7. The van der Waals surface area contributed by atoms with Crippen LogP contribution in [-0.4, -0.2) is 62.5 Å². The third-order valence-electron chi connectivity index (χ3n) is 4.72. The Hall–Kier alpha value is -1.63. The molecule has 1 aromatic carbocycles. The van der Waals surface area contributed by atoms with Gasteiger partial charge in [0.25, 0.3) is 5.91 Å². The minimum Gasteiger partial charge on any atom is -0.494 e. The van der Waals surface area contributed by atoms with Gasteiger partial charge >= 0.3 is 0 Å². The average molecular weight is 364 g/mol. The number of amides is 1. The van der Waals surface area contributed by atoms with Crippen molar-refractivity contribution >= 4 is 11.6 Å². The van der Waals surface area contributed by atoms with Crippen LogP contribution in [0.4, 0.5) is 5.69 Å². The first kappa shape index (κ1) is 20.7. The average Bonchev–Trinajstić information content (AvgIpc) is 2.67. The van der Waals surface area contributed by atoms with Gasteiger partial charge in [0.2, 0.25) is 0 Å². The monoisotopic (exact) mass is 364 g/mol. The molecule has 1 heterocycles. The van der Waals surface area contributed by atoms with E-state index in [2.05, 4.69) is 10.2 Å². The van der Waals surface area contributed by atoms with Crippen molar-refractivity contribution in [3.05, 3.63) is 24.3 Å². The number of rotatable bonds is 10. The predicted octanol–water partition coefficient (Wildman–Crippen LogP) is 2.93. The van der Waals surface area contributed by atoms with Crippen molar-refractivity contribution in [2.24, 2.45) is 0 Å². The van der Waals surface area contributed by atoms with E-state index in [0.29, 0.717) is 19.6 Å². The maximum atomic E-state index is 12.4. The van der Waals surface area contributed by atoms with Gasteiger partial charge in [-0.25, -0.2) is 0 Å². The van der Waals surface area contributed by atoms with Gasteiger partial charge in [-0.2, -0.15) is 0 Å². The fraction of sp³-hybridized carbons (Fsp3) is 0.650. The Morgan fingerprint density at radius 1 is 1.23 bits per heavy atom. The first-order valence-electron chi connectivity index (χ1n) is 9.55. The van der Waals surface area contributed by atoms with E-state index in [-0.39, 0.29) is 5.91 Å². The molecule has 1 N–H and O–H groups in total. The van der Waals surface area contributed by atoms with Crippen LogP contribution in [-0.2, 0) is 14.3 Å². The fourth-order valence-electron chi connectivity index (χ4n) is 2.85. The van der Waals surface area contributed by atoms with E-state index in [4.69, 9.17) is 14.2 Å². The van der Waals surface area contributed by atoms with E-state index in [1.54, 1.807) is 0 Å². The van der Waals surface area contributed by atoms with E-state index in [9.17, 15) is 4.79 Å². The van der Waals surface area contributed by atoms with Crippen molar-refractivity contribution in [2.75, 3.05) is 51.4 Å². The Morgan fingerprint density at radius 2 is 1.92 bits per heavy atom. The lowest BCUT2D eigenvalue weighted by atomic mass is 10.0. The molecule has 2 rings (SSSR count). The highest BCUT2D eigenvalue weighted by molar-refractivity contribution is 5.97. The lowest BCUT2D eigenvalue weighted by molar-refractivity contribution is -0.139. The van der Waals surface area contributed by atoms with Gasteiger partial charge in [-0.1, -0.05) is 6.92 Å². The number of carbonyl (C=O) groups is 1. The highest BCUT2D eigenvalue weighted by Crippen LogP contribution is 2.20. The van der Waals surface area contributed by atoms with Crippen molar-refractivity contribution in [3.63, 3.8) is 0 Å². The molecule has 1 fully saturated rings. The summed E-state index contributed by atoms with van der Waals surface area (Å²) in [6.45, 7) is 11.6. The van der Waals surface area contributed by atoms with Crippen LogP contribution in [0.2, 0.25) is 0 Å². The third kappa shape index (κ3) is 6.27. The van der Waals surface area contributed by atoms with Crippen LogP contribution in [0.25, 0.3) is 0 Å². The quantitative estimate of drug-likeness (QED) is 0.647. The van der Waals surface area contributed by atoms with Crippen molar-refractivity contribution < 1.29 is 19.0 Å². The summed E-state index contributed by atoms with van der Waals surface area (Å²) in [5.41, 5.74) is -0.0568. The highest BCUT2D eigenvalue weighted by Gasteiger charge is 2.31. The molecule has 0 spiro atoms. The minimum absolute atomic E-state index is 0.124. The molecule has 1 aliphatic heterocycles. The summed E-state index contributed by atoms with van der Waals surface area (Å²) in [5.74, 6) is 0.689. The summed E-state index contributed by atoms with van der Waals surface area (Å²) >= 11 is 0. The summed E-state index contributed by atoms with van der Waals surface area (Å²) in [7, 11) is 0. The number of hydrogen-bond donors (Lipinski definition) is 1. The molecule has 0 radical (unpaired) electrons. The Labute approximate surface area is 156 Å². The third-order valence-corrected chi connectivity index (χ3v) is 4.72. The zero-order valence-electron chi connectivity index (χ0n) is 16.3. The van der Waals surface area contributed by atoms with Crippen molar-refractivity contribution in [1.82, 2.24) is 4.90 Å². The zero-order chi connectivity index (χ0) is 18.8. The van der Waals surface area contributed by atoms with E-state index < -0.39 is 5.60 Å². The molecule has 1 amide bonds. The van der Waals surface area contributed by atoms with E-state index >= 15 is 0 Å². The van der Waals surface area contributed by atoms with Gasteiger partial charge in [-0.15, -0.1) is 0 Å². The number of benzene rings is 1. The van der Waals surface area contributed by atoms with Crippen LogP contribution < -0.4 is 10.1 Å². The van der Waals surface area contributed by atoms with Crippen LogP contribution >= 0.6 is 0 Å². The lowest BCUT2D eigenvalue weighted by Crippen LogP contribution is -2.42. The van der Waals surface area contributed by atoms with Crippen molar-refractivity contribution in [3.8, 4) is 5.75 Å². The second-order valence-electron chi connectivity index (χ2n) is 6.65. The molecular weight excluding hydrogens is 332 g/mol. The van der Waals surface area contributed by atoms with Crippen molar-refractivity contribution in [2.45, 2.75) is 39.2 Å². The summed E-state index contributed by atoms with van der Waals surface area (Å²) in [5, 5.41) is 2.92. The molecule has 0 unspecified atom stereocenters. The van der Waals surface area contributed by atoms with E-state index in [0.717, 1.165) is 50.7 Å². The Bertz CT molecular complexity index is 543. The van der Waals surface area contributed by atoms with Gasteiger partial charge in [0.05, 0.1) is 19.8 Å². The topological polar surface area (TPSA) is 60.0 Å². The number of ether oxygens (including phenoxy) is 3. The second kappa shape index (κ2) is 10.5. The Morgan fingerprint density at radius 3 is 2.54 bits per heavy atom. The van der Waals surface area contributed by atoms with Crippen molar-refractivity contribution in [1.29, 1.82) is 0 Å². The first-order valence-corrected chi connectivity index (χ1v) is 9.55. The number of hydrogen-bond acceptors (Lipinski definition) is 5. The molecule has 1 aromatic rings. The number of anilines is 1. The molecule has 6 heteroatoms. The standard InChI is InChI=1S/C20H32N2O4/c1-4-20(3,26-5-2)19(23)21-17-7-9-18(10-8-17)25-14-6-11-22-12-15-24-16-13-22/h7-10H,4-6,11-16H2,1-3H3,(H,21,23)/t20-/m0/s1. The molecule has 146 valence electrons. The van der Waals surface area contributed by atoms with E-state index in [1.165, 1.54) is 0 Å². The van der Waals surface area contributed by atoms with Crippen LogP contribution in [0.3, 0.4) is 0 Å². The molecule has 1 saturated heterocycles. The molecule has 1 atom stereocenters. The molecular formula is C20H32N2O4. The summed E-state index contributed by atoms with van der Waals surface area (Å²) in [6.07, 6.45) is 1.61. The van der Waals surface area contributed by atoms with Gasteiger partial charge < -0.3 is 19.5 Å². The smallest absolute Gasteiger partial charge is 0.256 e. The molecule has 0 saturated carbocycles. The number of nitrogens with zero attached hydrogens (tertiary/aromatic N) is 1. The molecule has 0 bridgehead atoms. The predicted molar refractivity (Wildman–Crippen MR) is 103 cm³/mol. The minimum atomic E-state index is -0.802. The van der Waals surface area contributed by atoms with Gasteiger partial charge in [0, 0.05) is 31.9 Å². The van der Waals surface area contributed by atoms with Gasteiger partial charge in [0.1, 0.15) is 11.4 Å². The van der Waals surface area contributed by atoms with Crippen LogP contribution in [0.15, 0.2) is 24.3 Å². The van der Waals surface area contributed by atoms with Gasteiger partial charge in [-0.05, 0) is 51.0 Å². The molecule has 0 aromatic heterocycles.